The van der Waals surface area contributed by atoms with Crippen LogP contribution in [0.15, 0.2) is 28.4 Å². The first kappa shape index (κ1) is 21.7. The lowest BCUT2D eigenvalue weighted by Crippen LogP contribution is -2.26. The molecular weight excluding hydrogens is 412 g/mol. The van der Waals surface area contributed by atoms with Gasteiger partial charge in [-0.15, -0.1) is 11.3 Å². The van der Waals surface area contributed by atoms with Crippen LogP contribution in [-0.2, 0) is 40.1 Å². The van der Waals surface area contributed by atoms with Crippen LogP contribution in [0, 0.1) is 0 Å². The van der Waals surface area contributed by atoms with Gasteiger partial charge in [0.15, 0.2) is 0 Å². The van der Waals surface area contributed by atoms with Gasteiger partial charge in [0.05, 0.1) is 19.1 Å². The van der Waals surface area contributed by atoms with Gasteiger partial charge in [-0.3, -0.25) is 14.2 Å². The molecule has 0 saturated carbocycles. The number of fused-ring (bicyclic) bond motifs is 2. The number of rotatable bonds is 8. The van der Waals surface area contributed by atoms with E-state index in [0.717, 1.165) is 28.8 Å². The number of nitrogens with zero attached hydrogens (tertiary/aromatic N) is 2. The average molecular weight is 441 g/mol. The Kier molecular flexibility index (Phi) is 6.83. The van der Waals surface area contributed by atoms with Crippen molar-refractivity contribution >= 4 is 27.5 Å². The summed E-state index contributed by atoms with van der Waals surface area (Å²) in [5, 5.41) is 2.71. The molecule has 0 radical (unpaired) electrons. The Hall–Kier alpha value is -2.51. The summed E-state index contributed by atoms with van der Waals surface area (Å²) in [7, 11) is 3.01. The van der Waals surface area contributed by atoms with Crippen molar-refractivity contribution in [3.8, 4) is 11.1 Å². The third kappa shape index (κ3) is 4.57. The number of carbonyl (C=O) groups is 1. The van der Waals surface area contributed by atoms with Crippen LogP contribution in [0.5, 0.6) is 0 Å². The fourth-order valence-corrected chi connectivity index (χ4v) is 5.23. The molecule has 31 heavy (non-hydrogen) atoms. The number of aryl methyl sites for hydroxylation is 2. The lowest BCUT2D eigenvalue weighted by Gasteiger charge is -2.16. The standard InChI is InChI=1S/C24H28N2O4S/c1-29-13-11-20-25-23-22(24(28)26(20)12-5-8-21(27)30-2)19(15-31-23)18-10-9-16-6-3-4-7-17(16)14-18/h9-10,14-15H,3-8,11-13H2,1-2H3. The third-order valence-corrected chi connectivity index (χ3v) is 6.82. The maximum absolute atomic E-state index is 13.6. The fourth-order valence-electron chi connectivity index (χ4n) is 4.28. The monoisotopic (exact) mass is 440 g/mol. The molecule has 4 rings (SSSR count). The lowest BCUT2D eigenvalue weighted by atomic mass is 9.89. The van der Waals surface area contributed by atoms with Gasteiger partial charge in [0, 0.05) is 37.4 Å². The van der Waals surface area contributed by atoms with Crippen molar-refractivity contribution in [1.82, 2.24) is 9.55 Å². The van der Waals surface area contributed by atoms with Crippen molar-refractivity contribution in [2.75, 3.05) is 20.8 Å². The van der Waals surface area contributed by atoms with Crippen molar-refractivity contribution in [3.63, 3.8) is 0 Å². The van der Waals surface area contributed by atoms with Crippen molar-refractivity contribution < 1.29 is 14.3 Å². The molecule has 7 heteroatoms. The third-order valence-electron chi connectivity index (χ3n) is 5.95. The van der Waals surface area contributed by atoms with Crippen molar-refractivity contribution in [2.24, 2.45) is 0 Å². The van der Waals surface area contributed by atoms with Crippen molar-refractivity contribution in [1.29, 1.82) is 0 Å². The number of thiophene rings is 1. The van der Waals surface area contributed by atoms with E-state index < -0.39 is 0 Å². The van der Waals surface area contributed by atoms with Crippen molar-refractivity contribution in [2.45, 2.75) is 51.5 Å². The Morgan fingerprint density at radius 3 is 2.77 bits per heavy atom. The van der Waals surface area contributed by atoms with Crippen molar-refractivity contribution in [3.05, 3.63) is 50.9 Å². The highest BCUT2D eigenvalue weighted by molar-refractivity contribution is 7.17. The predicted molar refractivity (Wildman–Crippen MR) is 123 cm³/mol. The van der Waals surface area contributed by atoms with E-state index in [9.17, 15) is 9.59 Å². The van der Waals surface area contributed by atoms with Gasteiger partial charge in [0.2, 0.25) is 0 Å². The Labute approximate surface area is 185 Å². The summed E-state index contributed by atoms with van der Waals surface area (Å²) in [6.45, 7) is 0.910. The van der Waals surface area contributed by atoms with Crippen LogP contribution in [0.4, 0.5) is 0 Å². The number of methoxy groups -OCH3 is 2. The molecule has 0 fully saturated rings. The largest absolute Gasteiger partial charge is 0.469 e. The zero-order valence-electron chi connectivity index (χ0n) is 18.1. The second-order valence-electron chi connectivity index (χ2n) is 7.93. The van der Waals surface area contributed by atoms with Crippen LogP contribution in [0.25, 0.3) is 21.3 Å². The molecule has 164 valence electrons. The highest BCUT2D eigenvalue weighted by Gasteiger charge is 2.18. The minimum Gasteiger partial charge on any atom is -0.469 e. The smallest absolute Gasteiger partial charge is 0.305 e. The van der Waals surface area contributed by atoms with Crippen LogP contribution >= 0.6 is 11.3 Å². The lowest BCUT2D eigenvalue weighted by molar-refractivity contribution is -0.140. The van der Waals surface area contributed by atoms with E-state index >= 15 is 0 Å². The highest BCUT2D eigenvalue weighted by atomic mass is 32.1. The zero-order valence-corrected chi connectivity index (χ0v) is 18.9. The molecule has 1 aromatic carbocycles. The number of esters is 1. The summed E-state index contributed by atoms with van der Waals surface area (Å²) in [5.74, 6) is 0.425. The first-order chi connectivity index (χ1) is 15.1. The summed E-state index contributed by atoms with van der Waals surface area (Å²) in [6, 6.07) is 6.59. The molecular formula is C24H28N2O4S. The maximum Gasteiger partial charge on any atom is 0.305 e. The summed E-state index contributed by atoms with van der Waals surface area (Å²) in [4.78, 5) is 30.7. The molecule has 1 aliphatic rings. The summed E-state index contributed by atoms with van der Waals surface area (Å²) in [5.41, 5.74) is 4.80. The number of carbonyl (C=O) groups excluding carboxylic acids is 1. The molecule has 0 saturated heterocycles. The van der Waals surface area contributed by atoms with Gasteiger partial charge >= 0.3 is 5.97 Å². The van der Waals surface area contributed by atoms with Gasteiger partial charge < -0.3 is 9.47 Å². The molecule has 0 unspecified atom stereocenters. The molecule has 0 N–H and O–H groups in total. The van der Waals surface area contributed by atoms with Gasteiger partial charge in [-0.05, 0) is 48.8 Å². The number of ether oxygens (including phenoxy) is 2. The van der Waals surface area contributed by atoms with Gasteiger partial charge in [0.25, 0.3) is 5.56 Å². The number of benzene rings is 1. The molecule has 0 amide bonds. The fraction of sp³-hybridized carbons (Fsp3) is 0.458. The SMILES string of the molecule is COCCc1nc2scc(-c3ccc4c(c3)CCCC4)c2c(=O)n1CCCC(=O)OC. The molecule has 0 spiro atoms. The highest BCUT2D eigenvalue weighted by Crippen LogP contribution is 2.34. The van der Waals surface area contributed by atoms with Crippen LogP contribution in [-0.4, -0.2) is 36.3 Å². The van der Waals surface area contributed by atoms with Gasteiger partial charge in [-0.1, -0.05) is 18.2 Å². The predicted octanol–water partition coefficient (Wildman–Crippen LogP) is 4.15. The number of hydrogen-bond acceptors (Lipinski definition) is 6. The second-order valence-corrected chi connectivity index (χ2v) is 8.79. The first-order valence-electron chi connectivity index (χ1n) is 10.8. The van der Waals surface area contributed by atoms with E-state index in [1.165, 1.54) is 42.4 Å². The summed E-state index contributed by atoms with van der Waals surface area (Å²) < 4.78 is 11.7. The Morgan fingerprint density at radius 2 is 2.00 bits per heavy atom. The van der Waals surface area contributed by atoms with E-state index in [1.54, 1.807) is 11.7 Å². The minimum absolute atomic E-state index is 0.0464. The molecule has 0 bridgehead atoms. The van der Waals surface area contributed by atoms with Crippen LogP contribution in [0.1, 0.15) is 42.6 Å². The molecule has 6 nitrogen and oxygen atoms in total. The van der Waals surface area contributed by atoms with Gasteiger partial charge in [-0.2, -0.15) is 0 Å². The van der Waals surface area contributed by atoms with E-state index in [4.69, 9.17) is 14.5 Å². The second kappa shape index (κ2) is 9.75. The molecule has 0 atom stereocenters. The number of hydrogen-bond donors (Lipinski definition) is 0. The maximum atomic E-state index is 13.6. The Balaban J connectivity index is 1.75. The first-order valence-corrected chi connectivity index (χ1v) is 11.7. The Bertz CT molecular complexity index is 1150. The average Bonchev–Trinajstić information content (AvgIpc) is 3.23. The quantitative estimate of drug-likeness (QED) is 0.492. The number of aromatic nitrogens is 2. The Morgan fingerprint density at radius 1 is 1.19 bits per heavy atom. The summed E-state index contributed by atoms with van der Waals surface area (Å²) in [6.07, 6.45) is 6.05. The molecule has 1 aliphatic carbocycles. The van der Waals surface area contributed by atoms with E-state index in [-0.39, 0.29) is 17.9 Å². The van der Waals surface area contributed by atoms with E-state index in [0.29, 0.717) is 37.2 Å². The molecule has 2 aromatic heterocycles. The van der Waals surface area contributed by atoms with Gasteiger partial charge in [0.1, 0.15) is 10.7 Å². The normalized spacial score (nSPS) is 13.4. The van der Waals surface area contributed by atoms with Crippen LogP contribution in [0.2, 0.25) is 0 Å². The minimum atomic E-state index is -0.272. The summed E-state index contributed by atoms with van der Waals surface area (Å²) >= 11 is 1.51. The topological polar surface area (TPSA) is 70.4 Å². The zero-order chi connectivity index (χ0) is 21.8. The van der Waals surface area contributed by atoms with Gasteiger partial charge in [-0.25, -0.2) is 4.98 Å². The van der Waals surface area contributed by atoms with Crippen LogP contribution in [0.3, 0.4) is 0 Å². The van der Waals surface area contributed by atoms with E-state index in [2.05, 4.69) is 18.2 Å². The molecule has 2 heterocycles. The van der Waals surface area contributed by atoms with E-state index in [1.807, 2.05) is 5.38 Å². The molecule has 0 aliphatic heterocycles. The van der Waals surface area contributed by atoms with Crippen LogP contribution < -0.4 is 5.56 Å². The molecule has 3 aromatic rings.